The highest BCUT2D eigenvalue weighted by Gasteiger charge is 2.22. The van der Waals surface area contributed by atoms with Crippen molar-refractivity contribution in [3.63, 3.8) is 0 Å². The molecule has 1 atom stereocenters. The zero-order valence-electron chi connectivity index (χ0n) is 11.5. The second-order valence-corrected chi connectivity index (χ2v) is 6.39. The summed E-state index contributed by atoms with van der Waals surface area (Å²) in [6.45, 7) is 2.09. The van der Waals surface area contributed by atoms with E-state index in [-0.39, 0.29) is 11.3 Å². The minimum absolute atomic E-state index is 0.116. The number of carbonyl (C=O) groups excluding carboxylic acids is 1. The van der Waals surface area contributed by atoms with Gasteiger partial charge in [-0.15, -0.1) is 11.6 Å². The number of benzene rings is 1. The molecule has 2 heterocycles. The molecule has 20 heavy (non-hydrogen) atoms. The van der Waals surface area contributed by atoms with Crippen molar-refractivity contribution < 1.29 is 4.79 Å². The normalized spacial score (nSPS) is 16.1. The van der Waals surface area contributed by atoms with Crippen molar-refractivity contribution in [2.75, 3.05) is 11.9 Å². The molecule has 1 aromatic heterocycles. The van der Waals surface area contributed by atoms with Crippen molar-refractivity contribution >= 4 is 34.5 Å². The maximum absolute atomic E-state index is 11.7. The van der Waals surface area contributed by atoms with Gasteiger partial charge in [-0.25, -0.2) is 0 Å². The Bertz CT molecular complexity index is 664. The van der Waals surface area contributed by atoms with Crippen LogP contribution in [0.25, 0.3) is 0 Å². The molecule has 1 unspecified atom stereocenters. The molecule has 0 spiro atoms. The molecule has 3 rings (SSSR count). The third kappa shape index (κ3) is 2.25. The molecular formula is C16H16ClNOS. The number of hydrogen-bond donors (Lipinski definition) is 0. The van der Waals surface area contributed by atoms with E-state index >= 15 is 0 Å². The van der Waals surface area contributed by atoms with E-state index < -0.39 is 0 Å². The van der Waals surface area contributed by atoms with Crippen molar-refractivity contribution in [2.24, 2.45) is 0 Å². The maximum Gasteiger partial charge on any atom is 0.227 e. The third-order valence-electron chi connectivity index (χ3n) is 3.91. The Labute approximate surface area is 128 Å². The van der Waals surface area contributed by atoms with E-state index in [9.17, 15) is 4.79 Å². The zero-order chi connectivity index (χ0) is 14.3. The number of anilines is 1. The third-order valence-corrected chi connectivity index (χ3v) is 5.27. The summed E-state index contributed by atoms with van der Waals surface area (Å²) in [7, 11) is 1.83. The standard InChI is InChI=1S/C16H16ClNOS/c1-10-8-20-9-13(10)16(17)12-3-5-14-11(7-12)4-6-15(19)18(14)2/h3,5,7-9,16H,4,6H2,1-2H3. The molecule has 0 fully saturated rings. The minimum Gasteiger partial charge on any atom is -0.315 e. The summed E-state index contributed by atoms with van der Waals surface area (Å²) >= 11 is 8.29. The Balaban J connectivity index is 1.97. The number of halogens is 1. The van der Waals surface area contributed by atoms with Crippen molar-refractivity contribution in [3.8, 4) is 0 Å². The summed E-state index contributed by atoms with van der Waals surface area (Å²) < 4.78 is 0. The van der Waals surface area contributed by atoms with Crippen LogP contribution in [-0.4, -0.2) is 13.0 Å². The average molecular weight is 306 g/mol. The Morgan fingerprint density at radius 2 is 2.10 bits per heavy atom. The Morgan fingerprint density at radius 1 is 1.30 bits per heavy atom. The predicted octanol–water partition coefficient (Wildman–Crippen LogP) is 4.29. The van der Waals surface area contributed by atoms with Crippen molar-refractivity contribution in [3.05, 3.63) is 51.2 Å². The second kappa shape index (κ2) is 5.23. The SMILES string of the molecule is Cc1cscc1C(Cl)c1ccc2c(c1)CCC(=O)N2C. The molecule has 104 valence electrons. The van der Waals surface area contributed by atoms with E-state index in [0.717, 1.165) is 17.7 Å². The average Bonchev–Trinajstić information content (AvgIpc) is 2.88. The molecule has 0 saturated heterocycles. The van der Waals surface area contributed by atoms with Gasteiger partial charge in [0, 0.05) is 19.2 Å². The lowest BCUT2D eigenvalue weighted by Gasteiger charge is -2.26. The Morgan fingerprint density at radius 3 is 2.80 bits per heavy atom. The van der Waals surface area contributed by atoms with Crippen LogP contribution in [0.15, 0.2) is 29.0 Å². The largest absolute Gasteiger partial charge is 0.315 e. The fraction of sp³-hybridized carbons (Fsp3) is 0.312. The first-order valence-corrected chi connectivity index (χ1v) is 8.02. The van der Waals surface area contributed by atoms with Gasteiger partial charge < -0.3 is 4.90 Å². The molecule has 1 aromatic carbocycles. The van der Waals surface area contributed by atoms with Gasteiger partial charge in [0.15, 0.2) is 0 Å². The molecule has 4 heteroatoms. The van der Waals surface area contributed by atoms with E-state index in [4.69, 9.17) is 11.6 Å². The van der Waals surface area contributed by atoms with E-state index in [1.54, 1.807) is 16.2 Å². The van der Waals surface area contributed by atoms with E-state index in [1.807, 2.05) is 19.2 Å². The van der Waals surface area contributed by atoms with E-state index in [1.165, 1.54) is 16.7 Å². The monoisotopic (exact) mass is 305 g/mol. The lowest BCUT2D eigenvalue weighted by molar-refractivity contribution is -0.118. The summed E-state index contributed by atoms with van der Waals surface area (Å²) in [6, 6.07) is 6.19. The molecular weight excluding hydrogens is 290 g/mol. The van der Waals surface area contributed by atoms with E-state index in [0.29, 0.717) is 6.42 Å². The van der Waals surface area contributed by atoms with Gasteiger partial charge in [0.05, 0.1) is 5.38 Å². The Hall–Kier alpha value is -1.32. The lowest BCUT2D eigenvalue weighted by Crippen LogP contribution is -2.31. The number of carbonyl (C=O) groups is 1. The lowest BCUT2D eigenvalue weighted by atomic mass is 9.96. The van der Waals surface area contributed by atoms with Gasteiger partial charge in [0.2, 0.25) is 5.91 Å². The second-order valence-electron chi connectivity index (χ2n) is 5.21. The van der Waals surface area contributed by atoms with Crippen LogP contribution in [0.1, 0.15) is 34.1 Å². The Kier molecular flexibility index (Phi) is 3.57. The van der Waals surface area contributed by atoms with E-state index in [2.05, 4.69) is 23.8 Å². The first kappa shape index (κ1) is 13.7. The van der Waals surface area contributed by atoms with Gasteiger partial charge in [-0.05, 0) is 52.4 Å². The summed E-state index contributed by atoms with van der Waals surface area (Å²) in [5, 5.41) is 4.12. The number of nitrogens with zero attached hydrogens (tertiary/aromatic N) is 1. The quantitative estimate of drug-likeness (QED) is 0.758. The fourth-order valence-electron chi connectivity index (χ4n) is 2.64. The zero-order valence-corrected chi connectivity index (χ0v) is 13.1. The maximum atomic E-state index is 11.7. The molecule has 1 amide bonds. The first-order valence-electron chi connectivity index (χ1n) is 6.64. The van der Waals surface area contributed by atoms with Crippen LogP contribution in [0.3, 0.4) is 0 Å². The van der Waals surface area contributed by atoms with Gasteiger partial charge in [0.25, 0.3) is 0 Å². The summed E-state index contributed by atoms with van der Waals surface area (Å²) in [6.07, 6.45) is 1.38. The highest BCUT2D eigenvalue weighted by Crippen LogP contribution is 2.36. The summed E-state index contributed by atoms with van der Waals surface area (Å²) in [5.41, 5.74) is 5.74. The van der Waals surface area contributed by atoms with Crippen molar-refractivity contribution in [1.29, 1.82) is 0 Å². The highest BCUT2D eigenvalue weighted by atomic mass is 35.5. The van der Waals surface area contributed by atoms with Gasteiger partial charge in [-0.3, -0.25) is 4.79 Å². The summed E-state index contributed by atoms with van der Waals surface area (Å²) in [4.78, 5) is 13.4. The van der Waals surface area contributed by atoms with Gasteiger partial charge in [-0.2, -0.15) is 11.3 Å². The van der Waals surface area contributed by atoms with Crippen LogP contribution >= 0.6 is 22.9 Å². The van der Waals surface area contributed by atoms with Crippen molar-refractivity contribution in [2.45, 2.75) is 25.1 Å². The molecule has 1 aliphatic heterocycles. The van der Waals surface area contributed by atoms with Gasteiger partial charge in [0.1, 0.15) is 0 Å². The molecule has 0 N–H and O–H groups in total. The number of aryl methyl sites for hydroxylation is 2. The number of amides is 1. The number of fused-ring (bicyclic) bond motifs is 1. The molecule has 0 saturated carbocycles. The smallest absolute Gasteiger partial charge is 0.227 e. The minimum atomic E-state index is -0.116. The van der Waals surface area contributed by atoms with Crippen LogP contribution in [0.4, 0.5) is 5.69 Å². The molecule has 2 aromatic rings. The van der Waals surface area contributed by atoms with Gasteiger partial charge >= 0.3 is 0 Å². The first-order chi connectivity index (χ1) is 9.58. The van der Waals surface area contributed by atoms with Crippen LogP contribution in [0, 0.1) is 6.92 Å². The van der Waals surface area contributed by atoms with Crippen LogP contribution in [0.2, 0.25) is 0 Å². The molecule has 1 aliphatic rings. The van der Waals surface area contributed by atoms with Crippen LogP contribution in [-0.2, 0) is 11.2 Å². The number of rotatable bonds is 2. The molecule has 0 aliphatic carbocycles. The number of alkyl halides is 1. The topological polar surface area (TPSA) is 20.3 Å². The highest BCUT2D eigenvalue weighted by molar-refractivity contribution is 7.08. The van der Waals surface area contributed by atoms with Gasteiger partial charge in [-0.1, -0.05) is 12.1 Å². The van der Waals surface area contributed by atoms with Crippen LogP contribution < -0.4 is 4.90 Å². The summed E-state index contributed by atoms with van der Waals surface area (Å²) in [5.74, 6) is 0.182. The molecule has 0 bridgehead atoms. The van der Waals surface area contributed by atoms with Crippen molar-refractivity contribution in [1.82, 2.24) is 0 Å². The van der Waals surface area contributed by atoms with Crippen LogP contribution in [0.5, 0.6) is 0 Å². The number of hydrogen-bond acceptors (Lipinski definition) is 2. The molecule has 0 radical (unpaired) electrons. The fourth-order valence-corrected chi connectivity index (χ4v) is 3.97. The molecule has 2 nitrogen and oxygen atoms in total. The number of thiophene rings is 1. The predicted molar refractivity (Wildman–Crippen MR) is 84.9 cm³/mol.